The van der Waals surface area contributed by atoms with Crippen LogP contribution < -0.4 is 15.8 Å². The molecule has 11 heteroatoms. The van der Waals surface area contributed by atoms with Gasteiger partial charge in [-0.25, -0.2) is 19.3 Å². The predicted octanol–water partition coefficient (Wildman–Crippen LogP) is 2.69. The molecule has 11 nitrogen and oxygen atoms in total. The van der Waals surface area contributed by atoms with E-state index in [-0.39, 0.29) is 24.1 Å². The fourth-order valence-corrected chi connectivity index (χ4v) is 6.65. The van der Waals surface area contributed by atoms with E-state index in [2.05, 4.69) is 33.7 Å². The fourth-order valence-electron chi connectivity index (χ4n) is 6.65. The quantitative estimate of drug-likeness (QED) is 0.289. The van der Waals surface area contributed by atoms with Gasteiger partial charge in [-0.2, -0.15) is 4.98 Å². The Bertz CT molecular complexity index is 1760. The molecule has 1 unspecified atom stereocenters. The van der Waals surface area contributed by atoms with E-state index in [1.165, 1.54) is 10.9 Å². The highest BCUT2D eigenvalue weighted by Gasteiger charge is 2.62. The Morgan fingerprint density at radius 3 is 2.62 bits per heavy atom. The molecule has 3 N–H and O–H groups in total. The third-order valence-electron chi connectivity index (χ3n) is 9.38. The number of allylic oxidation sites excluding steroid dienone is 1. The third kappa shape index (κ3) is 4.14. The zero-order chi connectivity index (χ0) is 29.2. The van der Waals surface area contributed by atoms with Crippen molar-refractivity contribution in [1.82, 2.24) is 29.2 Å². The van der Waals surface area contributed by atoms with Gasteiger partial charge in [0.05, 0.1) is 18.8 Å². The van der Waals surface area contributed by atoms with Crippen LogP contribution in [-0.4, -0.2) is 72.7 Å². The van der Waals surface area contributed by atoms with Gasteiger partial charge in [-0.15, -0.1) is 6.58 Å². The van der Waals surface area contributed by atoms with E-state index < -0.39 is 5.60 Å². The zero-order valence-corrected chi connectivity index (χ0v) is 24.0. The predicted molar refractivity (Wildman–Crippen MR) is 161 cm³/mol. The van der Waals surface area contributed by atoms with Gasteiger partial charge in [0.1, 0.15) is 11.0 Å². The molecule has 1 saturated heterocycles. The second kappa shape index (κ2) is 9.75. The molecule has 3 aliphatic rings. The molecule has 4 aromatic rings. The number of aromatic nitrogens is 5. The van der Waals surface area contributed by atoms with Crippen LogP contribution >= 0.6 is 0 Å². The summed E-state index contributed by atoms with van der Waals surface area (Å²) in [6.07, 6.45) is 5.96. The van der Waals surface area contributed by atoms with Gasteiger partial charge in [0, 0.05) is 54.7 Å². The number of hydrogen-bond acceptors (Lipinski definition) is 9. The summed E-state index contributed by atoms with van der Waals surface area (Å²) in [6.45, 7) is 9.62. The lowest BCUT2D eigenvalue weighted by Gasteiger charge is -2.35. The smallest absolute Gasteiger partial charge is 0.278 e. The number of benzene rings is 1. The van der Waals surface area contributed by atoms with Crippen LogP contribution in [0.5, 0.6) is 0 Å². The standard InChI is InChI=1S/C31H36N8O3/c1-4-11-38-28(41)23-18-32-29(33-22-6-7-24(21(16-22)19-40)37-14-12-36(3)13-15-37)35-27(23)39(38)25-8-5-20-17-31(9-10-31)30(2,42)26(20)34-25/h4-8,16,18,40,42H,1,9-15,17,19H2,2-3H3,(H,32,33,35). The van der Waals surface area contributed by atoms with E-state index in [0.717, 1.165) is 67.9 Å². The van der Waals surface area contributed by atoms with E-state index in [1.54, 1.807) is 10.8 Å². The highest BCUT2D eigenvalue weighted by Crippen LogP contribution is 2.64. The lowest BCUT2D eigenvalue weighted by Crippen LogP contribution is -2.44. The number of likely N-dealkylation sites (N-methyl/N-ethyl adjacent to an activating group) is 1. The van der Waals surface area contributed by atoms with E-state index in [4.69, 9.17) is 9.97 Å². The number of nitrogens with zero attached hydrogens (tertiary/aromatic N) is 7. The summed E-state index contributed by atoms with van der Waals surface area (Å²) in [5.41, 5.74) is 3.30. The van der Waals surface area contributed by atoms with Crippen LogP contribution in [0, 0.1) is 5.41 Å². The van der Waals surface area contributed by atoms with Gasteiger partial charge in [-0.05, 0) is 63.1 Å². The Balaban J connectivity index is 1.26. The van der Waals surface area contributed by atoms with Crippen molar-refractivity contribution < 1.29 is 10.2 Å². The minimum Gasteiger partial charge on any atom is -0.392 e. The molecule has 1 atom stereocenters. The van der Waals surface area contributed by atoms with Gasteiger partial charge in [0.2, 0.25) is 5.95 Å². The number of fused-ring (bicyclic) bond motifs is 2. The number of nitrogens with one attached hydrogen (secondary N) is 1. The van der Waals surface area contributed by atoms with Crippen LogP contribution in [-0.2, 0) is 25.2 Å². The molecule has 218 valence electrons. The molecular formula is C31H36N8O3. The Labute approximate surface area is 243 Å². The Morgan fingerprint density at radius 1 is 1.12 bits per heavy atom. The van der Waals surface area contributed by atoms with Crippen LogP contribution in [0.1, 0.15) is 36.6 Å². The molecule has 0 radical (unpaired) electrons. The van der Waals surface area contributed by atoms with E-state index in [0.29, 0.717) is 28.5 Å². The average Bonchev–Trinajstić information content (AvgIpc) is 3.69. The molecule has 3 aromatic heterocycles. The first kappa shape index (κ1) is 26.8. The maximum atomic E-state index is 13.4. The topological polar surface area (TPSA) is 125 Å². The molecule has 1 aliphatic heterocycles. The van der Waals surface area contributed by atoms with Crippen molar-refractivity contribution in [3.05, 3.63) is 76.4 Å². The van der Waals surface area contributed by atoms with E-state index >= 15 is 0 Å². The van der Waals surface area contributed by atoms with Gasteiger partial charge in [-0.1, -0.05) is 12.1 Å². The van der Waals surface area contributed by atoms with Crippen molar-refractivity contribution >= 4 is 28.4 Å². The maximum absolute atomic E-state index is 13.4. The van der Waals surface area contributed by atoms with Crippen LogP contribution in [0.2, 0.25) is 0 Å². The highest BCUT2D eigenvalue weighted by molar-refractivity contribution is 5.77. The molecule has 42 heavy (non-hydrogen) atoms. The molecule has 4 heterocycles. The number of aliphatic hydroxyl groups is 2. The maximum Gasteiger partial charge on any atom is 0.278 e. The number of piperazine rings is 1. The molecule has 1 saturated carbocycles. The van der Waals surface area contributed by atoms with E-state index in [1.807, 2.05) is 37.3 Å². The van der Waals surface area contributed by atoms with E-state index in [9.17, 15) is 15.0 Å². The molecule has 7 rings (SSSR count). The second-order valence-corrected chi connectivity index (χ2v) is 12.0. The van der Waals surface area contributed by atoms with Crippen LogP contribution in [0.4, 0.5) is 17.3 Å². The minimum absolute atomic E-state index is 0.0872. The lowest BCUT2D eigenvalue weighted by atomic mass is 9.88. The molecule has 0 bridgehead atoms. The molecular weight excluding hydrogens is 532 g/mol. The molecule has 1 aromatic carbocycles. The van der Waals surface area contributed by atoms with Crippen LogP contribution in [0.3, 0.4) is 0 Å². The SMILES string of the molecule is C=CCn1c(=O)c2cnc(Nc3ccc(N4CCN(C)CC4)c(CO)c3)nc2n1-c1ccc2c(n1)C(C)(O)C1(CC1)C2. The minimum atomic E-state index is -1.02. The van der Waals surface area contributed by atoms with Crippen LogP contribution in [0.25, 0.3) is 16.9 Å². The van der Waals surface area contributed by atoms with Gasteiger partial charge in [-0.3, -0.25) is 4.79 Å². The Kier molecular flexibility index (Phi) is 6.23. The van der Waals surface area contributed by atoms with Gasteiger partial charge in [0.25, 0.3) is 5.56 Å². The summed E-state index contributed by atoms with van der Waals surface area (Å²) in [5.74, 6) is 0.817. The number of anilines is 3. The fraction of sp³-hybridized carbons (Fsp3) is 0.419. The van der Waals surface area contributed by atoms with Gasteiger partial charge in [0.15, 0.2) is 11.5 Å². The number of pyridine rings is 1. The molecule has 2 fully saturated rings. The summed E-state index contributed by atoms with van der Waals surface area (Å²) < 4.78 is 3.23. The first-order valence-electron chi connectivity index (χ1n) is 14.5. The summed E-state index contributed by atoms with van der Waals surface area (Å²) in [5, 5.41) is 25.2. The zero-order valence-electron chi connectivity index (χ0n) is 24.0. The number of hydrogen-bond donors (Lipinski definition) is 3. The van der Waals surface area contributed by atoms with Gasteiger partial charge < -0.3 is 25.3 Å². The van der Waals surface area contributed by atoms with Gasteiger partial charge >= 0.3 is 0 Å². The third-order valence-corrected chi connectivity index (χ3v) is 9.38. The van der Waals surface area contributed by atoms with Crippen molar-refractivity contribution in [1.29, 1.82) is 0 Å². The summed E-state index contributed by atoms with van der Waals surface area (Å²) in [4.78, 5) is 32.1. The van der Waals surface area contributed by atoms with Crippen molar-refractivity contribution in [3.8, 4) is 5.82 Å². The summed E-state index contributed by atoms with van der Waals surface area (Å²) in [6, 6.07) is 9.77. The number of rotatable bonds is 7. The molecule has 1 spiro atoms. The second-order valence-electron chi connectivity index (χ2n) is 12.0. The largest absolute Gasteiger partial charge is 0.392 e. The van der Waals surface area contributed by atoms with Crippen molar-refractivity contribution in [2.45, 2.75) is 44.9 Å². The summed E-state index contributed by atoms with van der Waals surface area (Å²) >= 11 is 0. The molecule has 0 amide bonds. The Hall–Kier alpha value is -4.06. The summed E-state index contributed by atoms with van der Waals surface area (Å²) in [7, 11) is 2.12. The highest BCUT2D eigenvalue weighted by atomic mass is 16.3. The first-order chi connectivity index (χ1) is 20.2. The van der Waals surface area contributed by atoms with Crippen molar-refractivity contribution in [3.63, 3.8) is 0 Å². The Morgan fingerprint density at radius 2 is 1.90 bits per heavy atom. The monoisotopic (exact) mass is 568 g/mol. The lowest BCUT2D eigenvalue weighted by molar-refractivity contribution is -0.0102. The normalized spacial score (nSPS) is 21.2. The molecule has 2 aliphatic carbocycles. The average molecular weight is 569 g/mol. The van der Waals surface area contributed by atoms with Crippen molar-refractivity contribution in [2.75, 3.05) is 43.4 Å². The van der Waals surface area contributed by atoms with Crippen molar-refractivity contribution in [2.24, 2.45) is 5.41 Å². The first-order valence-corrected chi connectivity index (χ1v) is 14.5. The van der Waals surface area contributed by atoms with Crippen LogP contribution in [0.15, 0.2) is 54.0 Å². The number of aliphatic hydroxyl groups excluding tert-OH is 1.